The molecular weight excluding hydrogens is 264 g/mol. The Hall–Kier alpha value is -2.07. The Bertz CT molecular complexity index is 669. The highest BCUT2D eigenvalue weighted by atomic mass is 16.3. The van der Waals surface area contributed by atoms with Gasteiger partial charge in [-0.1, -0.05) is 30.3 Å². The van der Waals surface area contributed by atoms with Crippen molar-refractivity contribution >= 4 is 16.7 Å². The fraction of sp³-hybridized carbons (Fsp3) is 0.353. The van der Waals surface area contributed by atoms with Gasteiger partial charge in [-0.05, 0) is 30.7 Å². The van der Waals surface area contributed by atoms with Crippen molar-refractivity contribution in [3.8, 4) is 5.75 Å². The van der Waals surface area contributed by atoms with Crippen LogP contribution in [0.5, 0.6) is 5.75 Å². The number of amides is 1. The fourth-order valence-electron chi connectivity index (χ4n) is 3.10. The van der Waals surface area contributed by atoms with Crippen molar-refractivity contribution in [1.29, 1.82) is 0 Å². The van der Waals surface area contributed by atoms with E-state index in [1.807, 2.05) is 35.2 Å². The molecule has 110 valence electrons. The summed E-state index contributed by atoms with van der Waals surface area (Å²) in [6, 6.07) is 11.2. The van der Waals surface area contributed by atoms with Gasteiger partial charge in [0.05, 0.1) is 5.56 Å². The predicted molar refractivity (Wildman–Crippen MR) is 83.3 cm³/mol. The van der Waals surface area contributed by atoms with Gasteiger partial charge in [0, 0.05) is 24.5 Å². The van der Waals surface area contributed by atoms with Gasteiger partial charge in [-0.2, -0.15) is 0 Å². The first-order valence-corrected chi connectivity index (χ1v) is 7.44. The van der Waals surface area contributed by atoms with E-state index >= 15 is 0 Å². The van der Waals surface area contributed by atoms with Crippen LogP contribution in [-0.4, -0.2) is 35.0 Å². The average molecular weight is 284 g/mol. The zero-order chi connectivity index (χ0) is 14.8. The molecule has 1 fully saturated rings. The summed E-state index contributed by atoms with van der Waals surface area (Å²) in [5.41, 5.74) is 6.15. The molecule has 1 amide bonds. The Morgan fingerprint density at radius 1 is 1.24 bits per heavy atom. The SMILES string of the molecule is NCC1CCCCN1C(=O)c1ccc2ccccc2c1O. The minimum absolute atomic E-state index is 0.0689. The molecule has 0 spiro atoms. The standard InChI is InChI=1S/C17H20N2O2/c18-11-13-6-3-4-10-19(13)17(21)15-9-8-12-5-1-2-7-14(12)16(15)20/h1-2,5,7-9,13,20H,3-4,6,10-11,18H2. The van der Waals surface area contributed by atoms with Crippen LogP contribution in [0.1, 0.15) is 29.6 Å². The van der Waals surface area contributed by atoms with Gasteiger partial charge < -0.3 is 15.7 Å². The van der Waals surface area contributed by atoms with E-state index < -0.39 is 0 Å². The number of aromatic hydroxyl groups is 1. The number of carbonyl (C=O) groups is 1. The van der Waals surface area contributed by atoms with E-state index in [2.05, 4.69) is 0 Å². The summed E-state index contributed by atoms with van der Waals surface area (Å²) < 4.78 is 0. The molecule has 0 bridgehead atoms. The molecule has 0 aliphatic carbocycles. The smallest absolute Gasteiger partial charge is 0.257 e. The number of piperidine rings is 1. The molecule has 0 aromatic heterocycles. The molecule has 3 rings (SSSR count). The summed E-state index contributed by atoms with van der Waals surface area (Å²) in [7, 11) is 0. The molecular formula is C17H20N2O2. The summed E-state index contributed by atoms with van der Waals surface area (Å²) in [6.45, 7) is 1.19. The van der Waals surface area contributed by atoms with Crippen molar-refractivity contribution in [2.24, 2.45) is 5.73 Å². The van der Waals surface area contributed by atoms with Crippen LogP contribution < -0.4 is 5.73 Å². The first kappa shape index (κ1) is 13.9. The van der Waals surface area contributed by atoms with Crippen molar-refractivity contribution in [2.45, 2.75) is 25.3 Å². The zero-order valence-electron chi connectivity index (χ0n) is 12.0. The molecule has 1 aliphatic heterocycles. The summed E-state index contributed by atoms with van der Waals surface area (Å²) >= 11 is 0. The Kier molecular flexibility index (Phi) is 3.80. The summed E-state index contributed by atoms with van der Waals surface area (Å²) in [4.78, 5) is 14.6. The molecule has 1 saturated heterocycles. The van der Waals surface area contributed by atoms with Gasteiger partial charge in [0.15, 0.2) is 0 Å². The van der Waals surface area contributed by atoms with Crippen LogP contribution in [0, 0.1) is 0 Å². The van der Waals surface area contributed by atoms with Crippen molar-refractivity contribution in [1.82, 2.24) is 4.90 Å². The maximum Gasteiger partial charge on any atom is 0.257 e. The van der Waals surface area contributed by atoms with Gasteiger partial charge in [0.2, 0.25) is 0 Å². The zero-order valence-corrected chi connectivity index (χ0v) is 12.0. The highest BCUT2D eigenvalue weighted by Crippen LogP contribution is 2.30. The number of fused-ring (bicyclic) bond motifs is 1. The van der Waals surface area contributed by atoms with Gasteiger partial charge in [0.1, 0.15) is 5.75 Å². The molecule has 0 radical (unpaired) electrons. The van der Waals surface area contributed by atoms with Crippen LogP contribution in [-0.2, 0) is 0 Å². The van der Waals surface area contributed by atoms with E-state index in [-0.39, 0.29) is 17.7 Å². The third-order valence-corrected chi connectivity index (χ3v) is 4.29. The van der Waals surface area contributed by atoms with Crippen LogP contribution >= 0.6 is 0 Å². The van der Waals surface area contributed by atoms with E-state index in [9.17, 15) is 9.90 Å². The lowest BCUT2D eigenvalue weighted by molar-refractivity contribution is 0.0620. The number of phenolic OH excluding ortho intramolecular Hbond substituents is 1. The lowest BCUT2D eigenvalue weighted by atomic mass is 9.99. The van der Waals surface area contributed by atoms with Gasteiger partial charge in [-0.3, -0.25) is 4.79 Å². The van der Waals surface area contributed by atoms with Crippen molar-refractivity contribution in [3.63, 3.8) is 0 Å². The molecule has 3 N–H and O–H groups in total. The van der Waals surface area contributed by atoms with Crippen LogP contribution in [0.2, 0.25) is 0 Å². The first-order valence-electron chi connectivity index (χ1n) is 7.44. The second-order valence-corrected chi connectivity index (χ2v) is 5.57. The Labute approximate surface area is 124 Å². The van der Waals surface area contributed by atoms with Gasteiger partial charge in [-0.25, -0.2) is 0 Å². The normalized spacial score (nSPS) is 18.9. The van der Waals surface area contributed by atoms with Gasteiger partial charge >= 0.3 is 0 Å². The average Bonchev–Trinajstić information content (AvgIpc) is 2.55. The number of rotatable bonds is 2. The van der Waals surface area contributed by atoms with Crippen LogP contribution in [0.25, 0.3) is 10.8 Å². The fourth-order valence-corrected chi connectivity index (χ4v) is 3.10. The molecule has 2 aromatic carbocycles. The first-order chi connectivity index (χ1) is 10.2. The molecule has 2 aromatic rings. The second-order valence-electron chi connectivity index (χ2n) is 5.57. The van der Waals surface area contributed by atoms with Gasteiger partial charge in [0.25, 0.3) is 5.91 Å². The van der Waals surface area contributed by atoms with Gasteiger partial charge in [-0.15, -0.1) is 0 Å². The number of hydrogen-bond acceptors (Lipinski definition) is 3. The van der Waals surface area contributed by atoms with Crippen LogP contribution in [0.4, 0.5) is 0 Å². The van der Waals surface area contributed by atoms with Crippen molar-refractivity contribution in [3.05, 3.63) is 42.0 Å². The van der Waals surface area contributed by atoms with Crippen LogP contribution in [0.15, 0.2) is 36.4 Å². The number of phenols is 1. The minimum Gasteiger partial charge on any atom is -0.506 e. The highest BCUT2D eigenvalue weighted by Gasteiger charge is 2.28. The van der Waals surface area contributed by atoms with E-state index in [0.29, 0.717) is 24.0 Å². The second kappa shape index (κ2) is 5.74. The largest absolute Gasteiger partial charge is 0.506 e. The summed E-state index contributed by atoms with van der Waals surface area (Å²) in [5, 5.41) is 12.1. The molecule has 4 nitrogen and oxygen atoms in total. The number of likely N-dealkylation sites (tertiary alicyclic amines) is 1. The molecule has 1 unspecified atom stereocenters. The molecule has 0 saturated carbocycles. The monoisotopic (exact) mass is 284 g/mol. The summed E-state index contributed by atoms with van der Waals surface area (Å²) in [6.07, 6.45) is 3.04. The number of hydrogen-bond donors (Lipinski definition) is 2. The number of benzene rings is 2. The maximum atomic E-state index is 12.7. The Morgan fingerprint density at radius 3 is 2.86 bits per heavy atom. The molecule has 1 heterocycles. The third-order valence-electron chi connectivity index (χ3n) is 4.29. The number of carbonyl (C=O) groups excluding carboxylic acids is 1. The maximum absolute atomic E-state index is 12.7. The van der Waals surface area contributed by atoms with Crippen molar-refractivity contribution < 1.29 is 9.90 Å². The summed E-state index contributed by atoms with van der Waals surface area (Å²) in [5.74, 6) is -0.0483. The Morgan fingerprint density at radius 2 is 2.05 bits per heavy atom. The third kappa shape index (κ3) is 2.47. The molecule has 1 aliphatic rings. The van der Waals surface area contributed by atoms with E-state index in [0.717, 1.165) is 24.6 Å². The predicted octanol–water partition coefficient (Wildman–Crippen LogP) is 2.50. The van der Waals surface area contributed by atoms with E-state index in [1.165, 1.54) is 0 Å². The molecule has 4 heteroatoms. The lowest BCUT2D eigenvalue weighted by Gasteiger charge is -2.35. The van der Waals surface area contributed by atoms with Crippen LogP contribution in [0.3, 0.4) is 0 Å². The minimum atomic E-state index is -0.117. The number of nitrogens with zero attached hydrogens (tertiary/aromatic N) is 1. The quantitative estimate of drug-likeness (QED) is 0.890. The van der Waals surface area contributed by atoms with E-state index in [4.69, 9.17) is 5.73 Å². The Balaban J connectivity index is 1.99. The molecule has 21 heavy (non-hydrogen) atoms. The highest BCUT2D eigenvalue weighted by molar-refractivity contribution is 6.03. The molecule has 1 atom stereocenters. The van der Waals surface area contributed by atoms with E-state index in [1.54, 1.807) is 6.07 Å². The topological polar surface area (TPSA) is 66.6 Å². The lowest BCUT2D eigenvalue weighted by Crippen LogP contribution is -2.47. The van der Waals surface area contributed by atoms with Crippen molar-refractivity contribution in [2.75, 3.05) is 13.1 Å². The number of nitrogens with two attached hydrogens (primary N) is 1.